The molecular weight excluding hydrogens is 228 g/mol. The first-order valence-corrected chi connectivity index (χ1v) is 7.02. The minimum absolute atomic E-state index is 0. The topological polar surface area (TPSA) is 75.4 Å². The molecule has 1 aliphatic heterocycles. The van der Waals surface area contributed by atoms with Crippen LogP contribution in [0, 0.1) is 11.8 Å². The molecule has 3 atom stereocenters. The summed E-state index contributed by atoms with van der Waals surface area (Å²) in [5, 5.41) is 12.3. The Hall–Kier alpha value is -0.610. The highest BCUT2D eigenvalue weighted by Crippen LogP contribution is 2.32. The molecule has 2 fully saturated rings. The monoisotopic (exact) mass is 256 g/mol. The summed E-state index contributed by atoms with van der Waals surface area (Å²) in [4.78, 5) is 10.8. The predicted molar refractivity (Wildman–Crippen MR) is 73.4 cm³/mol. The van der Waals surface area contributed by atoms with Crippen LogP contribution in [-0.2, 0) is 4.79 Å². The number of carboxylic acid groups (broad SMARTS) is 1. The van der Waals surface area contributed by atoms with E-state index in [-0.39, 0.29) is 11.5 Å². The van der Waals surface area contributed by atoms with Crippen molar-refractivity contribution >= 4 is 5.97 Å². The Bertz CT molecular complexity index is 267. The molecule has 106 valence electrons. The van der Waals surface area contributed by atoms with E-state index in [1.165, 1.54) is 25.7 Å². The minimum Gasteiger partial charge on any atom is -0.481 e. The van der Waals surface area contributed by atoms with E-state index in [0.29, 0.717) is 18.5 Å². The Morgan fingerprint density at radius 2 is 1.83 bits per heavy atom. The van der Waals surface area contributed by atoms with Crippen LogP contribution < -0.4 is 11.1 Å². The Balaban J connectivity index is 0.000000280. The van der Waals surface area contributed by atoms with Gasteiger partial charge in [-0.2, -0.15) is 0 Å². The van der Waals surface area contributed by atoms with Crippen molar-refractivity contribution in [3.8, 4) is 0 Å². The van der Waals surface area contributed by atoms with Crippen LogP contribution in [0.2, 0.25) is 0 Å². The molecule has 1 saturated carbocycles. The van der Waals surface area contributed by atoms with Crippen LogP contribution >= 0.6 is 0 Å². The maximum absolute atomic E-state index is 10.8. The van der Waals surface area contributed by atoms with E-state index in [2.05, 4.69) is 5.32 Å². The van der Waals surface area contributed by atoms with Gasteiger partial charge in [0.15, 0.2) is 0 Å². The molecule has 4 nitrogen and oxygen atoms in total. The van der Waals surface area contributed by atoms with Crippen molar-refractivity contribution in [1.82, 2.24) is 5.32 Å². The summed E-state index contributed by atoms with van der Waals surface area (Å²) in [6, 6.07) is 0.615. The summed E-state index contributed by atoms with van der Waals surface area (Å²) in [7, 11) is 0. The van der Waals surface area contributed by atoms with Crippen molar-refractivity contribution in [3.05, 3.63) is 0 Å². The molecule has 0 spiro atoms. The lowest BCUT2D eigenvalue weighted by Crippen LogP contribution is -2.48. The lowest BCUT2D eigenvalue weighted by molar-refractivity contribution is -0.143. The summed E-state index contributed by atoms with van der Waals surface area (Å²) in [5.41, 5.74) is 5.35. The number of fused-ring (bicyclic) bond motifs is 1. The van der Waals surface area contributed by atoms with E-state index in [1.807, 2.05) is 20.8 Å². The quantitative estimate of drug-likeness (QED) is 0.670. The van der Waals surface area contributed by atoms with Gasteiger partial charge in [0.1, 0.15) is 0 Å². The van der Waals surface area contributed by atoms with E-state index in [4.69, 9.17) is 10.8 Å². The zero-order valence-corrected chi connectivity index (χ0v) is 11.9. The summed E-state index contributed by atoms with van der Waals surface area (Å²) >= 11 is 0. The first-order valence-electron chi connectivity index (χ1n) is 7.02. The highest BCUT2D eigenvalue weighted by Gasteiger charge is 2.34. The zero-order chi connectivity index (χ0) is 13.8. The second-order valence-electron chi connectivity index (χ2n) is 6.70. The maximum Gasteiger partial charge on any atom is 0.307 e. The molecule has 4 heteroatoms. The normalized spacial score (nSPS) is 31.9. The van der Waals surface area contributed by atoms with Gasteiger partial charge in [-0.25, -0.2) is 0 Å². The molecule has 18 heavy (non-hydrogen) atoms. The highest BCUT2D eigenvalue weighted by molar-refractivity contribution is 5.70. The molecule has 0 aromatic rings. The second-order valence-corrected chi connectivity index (χ2v) is 6.70. The highest BCUT2D eigenvalue weighted by atomic mass is 16.4. The van der Waals surface area contributed by atoms with Crippen molar-refractivity contribution in [2.24, 2.45) is 17.6 Å². The van der Waals surface area contributed by atoms with Crippen LogP contribution in [0.5, 0.6) is 0 Å². The van der Waals surface area contributed by atoms with Crippen LogP contribution in [0.1, 0.15) is 52.9 Å². The Labute approximate surface area is 110 Å². The van der Waals surface area contributed by atoms with Crippen LogP contribution in [0.4, 0.5) is 0 Å². The lowest BCUT2D eigenvalue weighted by atomic mass is 9.76. The van der Waals surface area contributed by atoms with E-state index in [9.17, 15) is 4.79 Å². The van der Waals surface area contributed by atoms with Crippen LogP contribution in [0.3, 0.4) is 0 Å². The molecule has 0 unspecified atom stereocenters. The molecule has 4 N–H and O–H groups in total. The molecule has 0 amide bonds. The fourth-order valence-electron chi connectivity index (χ4n) is 2.69. The van der Waals surface area contributed by atoms with Crippen LogP contribution in [0.15, 0.2) is 0 Å². The zero-order valence-electron chi connectivity index (χ0n) is 11.9. The van der Waals surface area contributed by atoms with Crippen molar-refractivity contribution in [1.29, 1.82) is 0 Å². The van der Waals surface area contributed by atoms with Gasteiger partial charge in [0, 0.05) is 18.1 Å². The maximum atomic E-state index is 10.8. The van der Waals surface area contributed by atoms with Crippen LogP contribution in [-0.4, -0.2) is 29.2 Å². The van der Waals surface area contributed by atoms with Crippen molar-refractivity contribution < 1.29 is 9.90 Å². The van der Waals surface area contributed by atoms with Gasteiger partial charge in [0.2, 0.25) is 0 Å². The van der Waals surface area contributed by atoms with Gasteiger partial charge >= 0.3 is 5.97 Å². The van der Waals surface area contributed by atoms with Gasteiger partial charge in [0.25, 0.3) is 0 Å². The number of piperidine rings is 1. The number of nitrogens with two attached hydrogens (primary N) is 1. The van der Waals surface area contributed by atoms with E-state index in [0.717, 1.165) is 6.42 Å². The molecule has 2 aliphatic rings. The summed E-state index contributed by atoms with van der Waals surface area (Å²) in [6.45, 7) is 6.57. The summed E-state index contributed by atoms with van der Waals surface area (Å²) in [5.74, 6) is -0.139. The van der Waals surface area contributed by atoms with E-state index in [1.54, 1.807) is 0 Å². The number of hydrogen-bond donors (Lipinski definition) is 3. The predicted octanol–water partition coefficient (Wildman–Crippen LogP) is 1.98. The van der Waals surface area contributed by atoms with E-state index < -0.39 is 5.97 Å². The second kappa shape index (κ2) is 6.53. The van der Waals surface area contributed by atoms with Crippen molar-refractivity contribution in [2.75, 3.05) is 6.54 Å². The largest absolute Gasteiger partial charge is 0.481 e. The fourth-order valence-corrected chi connectivity index (χ4v) is 2.69. The van der Waals surface area contributed by atoms with E-state index >= 15 is 0 Å². The smallest absolute Gasteiger partial charge is 0.307 e. The average molecular weight is 256 g/mol. The molecular formula is C14H28N2O2. The van der Waals surface area contributed by atoms with Gasteiger partial charge in [-0.05, 0) is 46.0 Å². The molecule has 0 bridgehead atoms. The Morgan fingerprint density at radius 3 is 2.39 bits per heavy atom. The number of aliphatic carboxylic acids is 1. The standard InChI is InChI=1S/C10H17NO2.C4H11N/c12-10(13)8-5-7-3-1-2-4-9(7)11-6-8;1-4(2,3)5/h7-9,11H,1-6H2,(H,12,13);5H2,1-3H3/t7-,8-,9-;/m0./s1. The van der Waals surface area contributed by atoms with Crippen molar-refractivity contribution in [2.45, 2.75) is 64.5 Å². The number of nitrogens with one attached hydrogen (secondary N) is 1. The lowest BCUT2D eigenvalue weighted by Gasteiger charge is -2.38. The van der Waals surface area contributed by atoms with Gasteiger partial charge in [-0.1, -0.05) is 12.8 Å². The first kappa shape index (κ1) is 15.4. The first-order chi connectivity index (χ1) is 8.27. The molecule has 0 radical (unpaired) electrons. The third kappa shape index (κ3) is 5.83. The Kier molecular flexibility index (Phi) is 5.60. The van der Waals surface area contributed by atoms with Crippen molar-refractivity contribution in [3.63, 3.8) is 0 Å². The van der Waals surface area contributed by atoms with Gasteiger partial charge in [-0.15, -0.1) is 0 Å². The molecule has 1 heterocycles. The average Bonchev–Trinajstić information content (AvgIpc) is 2.26. The third-order valence-electron chi connectivity index (χ3n) is 3.47. The number of carbonyl (C=O) groups is 1. The number of carboxylic acids is 1. The fraction of sp³-hybridized carbons (Fsp3) is 0.929. The van der Waals surface area contributed by atoms with Crippen LogP contribution in [0.25, 0.3) is 0 Å². The van der Waals surface area contributed by atoms with Gasteiger partial charge < -0.3 is 16.2 Å². The Morgan fingerprint density at radius 1 is 1.28 bits per heavy atom. The van der Waals surface area contributed by atoms with Gasteiger partial charge in [-0.3, -0.25) is 4.79 Å². The summed E-state index contributed by atoms with van der Waals surface area (Å²) < 4.78 is 0. The SMILES string of the molecule is CC(C)(C)N.O=C(O)[C@@H]1CN[C@H]2CCCC[C@H]2C1. The summed E-state index contributed by atoms with van der Waals surface area (Å²) in [6.07, 6.45) is 5.96. The van der Waals surface area contributed by atoms with Gasteiger partial charge in [0.05, 0.1) is 5.92 Å². The minimum atomic E-state index is -0.628. The molecule has 1 aliphatic carbocycles. The third-order valence-corrected chi connectivity index (χ3v) is 3.47. The molecule has 2 rings (SSSR count). The molecule has 1 saturated heterocycles. The molecule has 0 aromatic carbocycles. The number of rotatable bonds is 1. The number of hydrogen-bond acceptors (Lipinski definition) is 3. The molecule has 0 aromatic heterocycles.